The van der Waals surface area contributed by atoms with Gasteiger partial charge in [0.2, 0.25) is 0 Å². The smallest absolute Gasteiger partial charge is 0.161 e. The summed E-state index contributed by atoms with van der Waals surface area (Å²) in [4.78, 5) is 6.33. The second-order valence-corrected chi connectivity index (χ2v) is 5.59. The van der Waals surface area contributed by atoms with Gasteiger partial charge in [-0.3, -0.25) is 4.98 Å². The second-order valence-electron chi connectivity index (χ2n) is 5.59. The van der Waals surface area contributed by atoms with Gasteiger partial charge in [-0.15, -0.1) is 0 Å². The van der Waals surface area contributed by atoms with Crippen LogP contribution in [0.4, 0.5) is 0 Å². The molecule has 0 fully saturated rings. The molecule has 0 saturated carbocycles. The molecule has 0 unspecified atom stereocenters. The van der Waals surface area contributed by atoms with Crippen LogP contribution in [0, 0.1) is 0 Å². The highest BCUT2D eigenvalue weighted by molar-refractivity contribution is 5.43. The van der Waals surface area contributed by atoms with Crippen molar-refractivity contribution in [3.8, 4) is 11.5 Å². The van der Waals surface area contributed by atoms with E-state index in [0.717, 1.165) is 24.6 Å². The van der Waals surface area contributed by atoms with E-state index in [2.05, 4.69) is 41.4 Å². The van der Waals surface area contributed by atoms with Crippen LogP contribution in [0.25, 0.3) is 0 Å². The fourth-order valence-electron chi connectivity index (χ4n) is 2.51. The Balaban J connectivity index is 2.06. The maximum absolute atomic E-state index is 5.41. The van der Waals surface area contributed by atoms with Gasteiger partial charge in [0.05, 0.1) is 14.2 Å². The van der Waals surface area contributed by atoms with Crippen molar-refractivity contribution in [3.05, 3.63) is 53.9 Å². The molecule has 0 radical (unpaired) electrons. The molecular weight excluding hydrogens is 290 g/mol. The molecule has 0 aliphatic heterocycles. The molecule has 1 N–H and O–H groups in total. The number of hydrogen-bond donors (Lipinski definition) is 1. The van der Waals surface area contributed by atoms with E-state index in [0.29, 0.717) is 0 Å². The van der Waals surface area contributed by atoms with Gasteiger partial charge in [-0.05, 0) is 43.4 Å². The Labute approximate surface area is 138 Å². The van der Waals surface area contributed by atoms with Crippen molar-refractivity contribution in [1.29, 1.82) is 0 Å². The molecule has 0 bridgehead atoms. The first kappa shape index (κ1) is 17.2. The molecule has 1 atom stereocenters. The number of nitrogens with zero attached hydrogens (tertiary/aromatic N) is 2. The lowest BCUT2D eigenvalue weighted by Crippen LogP contribution is -2.30. The van der Waals surface area contributed by atoms with E-state index in [9.17, 15) is 0 Å². The summed E-state index contributed by atoms with van der Waals surface area (Å²) in [5.41, 5.74) is 2.36. The standard InChI is InChI=1S/C18H25N3O2/c1-21(2)16(13-20-12-14-6-5-9-19-11-14)15-7-8-17(22-3)18(10-15)23-4/h5-11,16,20H,12-13H2,1-4H3/t16-/m1/s1. The van der Waals surface area contributed by atoms with Crippen LogP contribution in [0.1, 0.15) is 17.2 Å². The van der Waals surface area contributed by atoms with Crippen molar-refractivity contribution in [2.75, 3.05) is 34.9 Å². The van der Waals surface area contributed by atoms with Gasteiger partial charge >= 0.3 is 0 Å². The topological polar surface area (TPSA) is 46.6 Å². The number of nitrogens with one attached hydrogen (secondary N) is 1. The molecule has 2 aromatic rings. The Kier molecular flexibility index (Phi) is 6.38. The van der Waals surface area contributed by atoms with Crippen LogP contribution in [0.3, 0.4) is 0 Å². The summed E-state index contributed by atoms with van der Waals surface area (Å²) in [6.45, 7) is 1.63. The molecule has 0 aliphatic rings. The fourth-order valence-corrected chi connectivity index (χ4v) is 2.51. The lowest BCUT2D eigenvalue weighted by molar-refractivity contribution is 0.286. The number of ether oxygens (including phenoxy) is 2. The predicted octanol–water partition coefficient (Wildman–Crippen LogP) is 2.49. The minimum atomic E-state index is 0.242. The Bertz CT molecular complexity index is 602. The Morgan fingerprint density at radius 1 is 1.13 bits per heavy atom. The van der Waals surface area contributed by atoms with E-state index < -0.39 is 0 Å². The zero-order valence-corrected chi connectivity index (χ0v) is 14.2. The summed E-state index contributed by atoms with van der Waals surface area (Å²) in [5.74, 6) is 1.50. The van der Waals surface area contributed by atoms with E-state index in [1.807, 2.05) is 24.4 Å². The zero-order valence-electron chi connectivity index (χ0n) is 14.2. The number of methoxy groups -OCH3 is 2. The number of hydrogen-bond acceptors (Lipinski definition) is 5. The summed E-state index contributed by atoms with van der Waals surface area (Å²) in [6.07, 6.45) is 3.67. The molecule has 1 heterocycles. The van der Waals surface area contributed by atoms with Gasteiger partial charge < -0.3 is 19.7 Å². The zero-order chi connectivity index (χ0) is 16.7. The largest absolute Gasteiger partial charge is 0.493 e. The summed E-state index contributed by atoms with van der Waals surface area (Å²) in [7, 11) is 7.46. The van der Waals surface area contributed by atoms with Crippen LogP contribution in [0.2, 0.25) is 0 Å². The highest BCUT2D eigenvalue weighted by atomic mass is 16.5. The second kappa shape index (κ2) is 8.50. The van der Waals surface area contributed by atoms with Crippen molar-refractivity contribution in [3.63, 3.8) is 0 Å². The third-order valence-corrected chi connectivity index (χ3v) is 3.81. The maximum Gasteiger partial charge on any atom is 0.161 e. The van der Waals surface area contributed by atoms with Crippen molar-refractivity contribution in [1.82, 2.24) is 15.2 Å². The number of rotatable bonds is 8. The third-order valence-electron chi connectivity index (χ3n) is 3.81. The maximum atomic E-state index is 5.41. The quantitative estimate of drug-likeness (QED) is 0.811. The monoisotopic (exact) mass is 315 g/mol. The van der Waals surface area contributed by atoms with E-state index >= 15 is 0 Å². The molecule has 0 amide bonds. The van der Waals surface area contributed by atoms with Gasteiger partial charge in [-0.25, -0.2) is 0 Å². The van der Waals surface area contributed by atoms with Crippen LogP contribution < -0.4 is 14.8 Å². The van der Waals surface area contributed by atoms with Gasteiger partial charge in [0.25, 0.3) is 0 Å². The van der Waals surface area contributed by atoms with E-state index in [-0.39, 0.29) is 6.04 Å². The van der Waals surface area contributed by atoms with Gasteiger partial charge in [0, 0.05) is 31.5 Å². The van der Waals surface area contributed by atoms with Gasteiger partial charge in [0.15, 0.2) is 11.5 Å². The molecule has 1 aromatic carbocycles. The summed E-state index contributed by atoms with van der Waals surface area (Å²) < 4.78 is 10.7. The van der Waals surface area contributed by atoms with E-state index in [1.54, 1.807) is 20.4 Å². The van der Waals surface area contributed by atoms with Crippen molar-refractivity contribution >= 4 is 0 Å². The first-order valence-corrected chi connectivity index (χ1v) is 7.63. The highest BCUT2D eigenvalue weighted by Crippen LogP contribution is 2.31. The average molecular weight is 315 g/mol. The van der Waals surface area contributed by atoms with Crippen molar-refractivity contribution in [2.24, 2.45) is 0 Å². The summed E-state index contributed by atoms with van der Waals surface area (Å²) in [5, 5.41) is 3.49. The minimum absolute atomic E-state index is 0.242. The molecule has 0 aliphatic carbocycles. The summed E-state index contributed by atoms with van der Waals surface area (Å²) in [6, 6.07) is 10.3. The van der Waals surface area contributed by atoms with Gasteiger partial charge in [0.1, 0.15) is 0 Å². The third kappa shape index (κ3) is 4.68. The van der Waals surface area contributed by atoms with Crippen LogP contribution in [0.15, 0.2) is 42.7 Å². The van der Waals surface area contributed by atoms with E-state index in [1.165, 1.54) is 11.1 Å². The molecule has 23 heavy (non-hydrogen) atoms. The number of benzene rings is 1. The number of likely N-dealkylation sites (N-methyl/N-ethyl adjacent to an activating group) is 1. The van der Waals surface area contributed by atoms with Crippen molar-refractivity contribution in [2.45, 2.75) is 12.6 Å². The highest BCUT2D eigenvalue weighted by Gasteiger charge is 2.16. The molecule has 2 rings (SSSR count). The summed E-state index contributed by atoms with van der Waals surface area (Å²) >= 11 is 0. The van der Waals surface area contributed by atoms with Crippen LogP contribution in [0.5, 0.6) is 11.5 Å². The molecule has 5 heteroatoms. The molecular formula is C18H25N3O2. The first-order valence-electron chi connectivity index (χ1n) is 7.63. The Hall–Kier alpha value is -2.11. The van der Waals surface area contributed by atoms with Crippen LogP contribution in [-0.4, -0.2) is 44.7 Å². The SMILES string of the molecule is COc1ccc([C@@H](CNCc2cccnc2)N(C)C)cc1OC. The van der Waals surface area contributed by atoms with Crippen LogP contribution >= 0.6 is 0 Å². The fraction of sp³-hybridized carbons (Fsp3) is 0.389. The molecule has 5 nitrogen and oxygen atoms in total. The van der Waals surface area contributed by atoms with Gasteiger partial charge in [-0.1, -0.05) is 12.1 Å². The molecule has 124 valence electrons. The molecule has 0 spiro atoms. The lowest BCUT2D eigenvalue weighted by Gasteiger charge is -2.26. The van der Waals surface area contributed by atoms with Gasteiger partial charge in [-0.2, -0.15) is 0 Å². The van der Waals surface area contributed by atoms with E-state index in [4.69, 9.17) is 9.47 Å². The first-order chi connectivity index (χ1) is 11.2. The average Bonchev–Trinajstić information content (AvgIpc) is 2.58. The predicted molar refractivity (Wildman–Crippen MR) is 91.9 cm³/mol. The lowest BCUT2D eigenvalue weighted by atomic mass is 10.0. The van der Waals surface area contributed by atoms with Crippen LogP contribution in [-0.2, 0) is 6.54 Å². The van der Waals surface area contributed by atoms with Crippen molar-refractivity contribution < 1.29 is 9.47 Å². The number of aromatic nitrogens is 1. The normalized spacial score (nSPS) is 12.2. The molecule has 0 saturated heterocycles. The Morgan fingerprint density at radius 2 is 1.91 bits per heavy atom. The minimum Gasteiger partial charge on any atom is -0.493 e. The Morgan fingerprint density at radius 3 is 2.52 bits per heavy atom. The number of pyridine rings is 1. The molecule has 1 aromatic heterocycles.